The van der Waals surface area contributed by atoms with E-state index in [1.165, 1.54) is 6.20 Å². The molecule has 1 unspecified atom stereocenters. The van der Waals surface area contributed by atoms with Gasteiger partial charge in [0.1, 0.15) is 34.7 Å². The average molecular weight is 495 g/mol. The third kappa shape index (κ3) is 4.08. The van der Waals surface area contributed by atoms with Crippen molar-refractivity contribution in [3.05, 3.63) is 71.9 Å². The standard InChI is InChI=1S/C27H26N8O2/c1-17-26(32-33-35(17)21-6-8-29-9-7-21)19-10-24(27-20(11-28)13-31-34(27)15-19)37-25(16-36)23-14-30-12-18-4-2-3-5-22(18)23/h2-5,10,12-15,21,25,29,36H,6-9,16H2,1H3. The topological polar surface area (TPSA) is 126 Å². The number of piperidine rings is 1. The number of hydrogen-bond acceptors (Lipinski definition) is 8. The van der Waals surface area contributed by atoms with Crippen LogP contribution < -0.4 is 10.1 Å². The normalized spacial score (nSPS) is 15.2. The summed E-state index contributed by atoms with van der Waals surface area (Å²) in [5.41, 5.74) is 4.12. The predicted molar refractivity (Wildman–Crippen MR) is 137 cm³/mol. The van der Waals surface area contributed by atoms with Crippen LogP contribution in [0.4, 0.5) is 0 Å². The SMILES string of the molecule is Cc1c(-c2cc(OC(CO)c3cncc4ccccc34)c3c(C#N)cnn3c2)nnn1C1CCNCC1. The first kappa shape index (κ1) is 23.1. The van der Waals surface area contributed by atoms with Crippen LogP contribution in [-0.4, -0.2) is 54.4 Å². The Morgan fingerprint density at radius 3 is 2.86 bits per heavy atom. The lowest BCUT2D eigenvalue weighted by Crippen LogP contribution is -2.30. The van der Waals surface area contributed by atoms with E-state index in [1.807, 2.05) is 48.1 Å². The average Bonchev–Trinajstić information content (AvgIpc) is 3.55. The van der Waals surface area contributed by atoms with Crippen molar-refractivity contribution in [3.8, 4) is 23.1 Å². The lowest BCUT2D eigenvalue weighted by molar-refractivity contribution is 0.118. The number of benzene rings is 1. The van der Waals surface area contributed by atoms with Crippen molar-refractivity contribution in [2.45, 2.75) is 31.9 Å². The van der Waals surface area contributed by atoms with Gasteiger partial charge in [0.05, 0.1) is 24.5 Å². The van der Waals surface area contributed by atoms with E-state index >= 15 is 0 Å². The van der Waals surface area contributed by atoms with Gasteiger partial charge in [0.15, 0.2) is 0 Å². The summed E-state index contributed by atoms with van der Waals surface area (Å²) in [5.74, 6) is 0.425. The van der Waals surface area contributed by atoms with Gasteiger partial charge >= 0.3 is 0 Å². The zero-order valence-electron chi connectivity index (χ0n) is 20.4. The van der Waals surface area contributed by atoms with Gasteiger partial charge in [-0.25, -0.2) is 9.20 Å². The number of nitriles is 1. The Bertz CT molecular complexity index is 1620. The summed E-state index contributed by atoms with van der Waals surface area (Å²) in [6.45, 7) is 3.66. The molecule has 186 valence electrons. The van der Waals surface area contributed by atoms with E-state index in [0.717, 1.165) is 59.2 Å². The molecule has 5 heterocycles. The number of ether oxygens (including phenoxy) is 1. The Hall–Kier alpha value is -4.33. The van der Waals surface area contributed by atoms with Crippen LogP contribution in [0.5, 0.6) is 5.75 Å². The number of rotatable bonds is 6. The van der Waals surface area contributed by atoms with E-state index in [9.17, 15) is 10.4 Å². The maximum Gasteiger partial charge on any atom is 0.149 e. The second kappa shape index (κ2) is 9.61. The zero-order chi connectivity index (χ0) is 25.4. The molecule has 1 saturated heterocycles. The molecule has 0 aliphatic carbocycles. The molecule has 2 N–H and O–H groups in total. The first-order valence-electron chi connectivity index (χ1n) is 12.3. The predicted octanol–water partition coefficient (Wildman–Crippen LogP) is 3.36. The van der Waals surface area contributed by atoms with E-state index in [2.05, 4.69) is 31.8 Å². The molecule has 1 fully saturated rings. The summed E-state index contributed by atoms with van der Waals surface area (Å²) in [4.78, 5) is 4.35. The van der Waals surface area contributed by atoms with Gasteiger partial charge < -0.3 is 15.2 Å². The molecule has 37 heavy (non-hydrogen) atoms. The van der Waals surface area contributed by atoms with Crippen molar-refractivity contribution >= 4 is 16.3 Å². The highest BCUT2D eigenvalue weighted by Crippen LogP contribution is 2.35. The number of nitrogens with one attached hydrogen (secondary N) is 1. The molecule has 6 rings (SSSR count). The smallest absolute Gasteiger partial charge is 0.149 e. The lowest BCUT2D eigenvalue weighted by Gasteiger charge is -2.23. The monoisotopic (exact) mass is 494 g/mol. The summed E-state index contributed by atoms with van der Waals surface area (Å²) in [6.07, 6.45) is 8.13. The Kier molecular flexibility index (Phi) is 6.00. The second-order valence-electron chi connectivity index (χ2n) is 9.24. The van der Waals surface area contributed by atoms with Crippen LogP contribution >= 0.6 is 0 Å². The van der Waals surface area contributed by atoms with Crippen LogP contribution in [0.3, 0.4) is 0 Å². The molecule has 10 heteroatoms. The summed E-state index contributed by atoms with van der Waals surface area (Å²) < 4.78 is 10.1. The van der Waals surface area contributed by atoms with Gasteiger partial charge in [-0.05, 0) is 44.3 Å². The van der Waals surface area contributed by atoms with E-state index in [-0.39, 0.29) is 6.61 Å². The van der Waals surface area contributed by atoms with Gasteiger partial charge in [0, 0.05) is 35.1 Å². The number of aliphatic hydroxyl groups is 1. The van der Waals surface area contributed by atoms with Crippen molar-refractivity contribution in [3.63, 3.8) is 0 Å². The number of hydrogen-bond donors (Lipinski definition) is 2. The van der Waals surface area contributed by atoms with Crippen molar-refractivity contribution in [2.75, 3.05) is 19.7 Å². The van der Waals surface area contributed by atoms with Crippen LogP contribution in [0, 0.1) is 18.3 Å². The van der Waals surface area contributed by atoms with Crippen molar-refractivity contribution < 1.29 is 9.84 Å². The quantitative estimate of drug-likeness (QED) is 0.368. The summed E-state index contributed by atoms with van der Waals surface area (Å²) in [7, 11) is 0. The van der Waals surface area contributed by atoms with E-state index in [0.29, 0.717) is 22.9 Å². The highest BCUT2D eigenvalue weighted by atomic mass is 16.5. The molecule has 5 aromatic rings. The van der Waals surface area contributed by atoms with Crippen LogP contribution in [0.25, 0.3) is 27.5 Å². The van der Waals surface area contributed by atoms with Gasteiger partial charge in [-0.1, -0.05) is 29.5 Å². The maximum absolute atomic E-state index is 10.4. The largest absolute Gasteiger partial charge is 0.481 e. The van der Waals surface area contributed by atoms with Gasteiger partial charge in [0.25, 0.3) is 0 Å². The summed E-state index contributed by atoms with van der Waals surface area (Å²) in [6, 6.07) is 12.2. The fourth-order valence-electron chi connectivity index (χ4n) is 5.14. The van der Waals surface area contributed by atoms with E-state index in [4.69, 9.17) is 4.74 Å². The highest BCUT2D eigenvalue weighted by Gasteiger charge is 2.24. The minimum absolute atomic E-state index is 0.271. The Labute approximate surface area is 213 Å². The van der Waals surface area contributed by atoms with Crippen LogP contribution in [0.2, 0.25) is 0 Å². The molecule has 0 bridgehead atoms. The molecule has 0 saturated carbocycles. The Balaban J connectivity index is 1.45. The number of aliphatic hydroxyl groups excluding tert-OH is 1. The molecular weight excluding hydrogens is 468 g/mol. The highest BCUT2D eigenvalue weighted by molar-refractivity contribution is 5.85. The molecule has 4 aromatic heterocycles. The first-order valence-corrected chi connectivity index (χ1v) is 12.3. The van der Waals surface area contributed by atoms with Crippen molar-refractivity contribution in [2.24, 2.45) is 0 Å². The molecule has 1 aliphatic rings. The zero-order valence-corrected chi connectivity index (χ0v) is 20.4. The molecule has 0 amide bonds. The van der Waals surface area contributed by atoms with Crippen LogP contribution in [0.15, 0.2) is 55.1 Å². The minimum atomic E-state index is -0.703. The number of pyridine rings is 2. The number of nitrogens with zero attached hydrogens (tertiary/aromatic N) is 7. The fraction of sp³-hybridized carbons (Fsp3) is 0.296. The molecule has 1 atom stereocenters. The van der Waals surface area contributed by atoms with Crippen molar-refractivity contribution in [1.82, 2.24) is 34.9 Å². The molecular formula is C27H26N8O2. The molecule has 10 nitrogen and oxygen atoms in total. The van der Waals surface area contributed by atoms with Gasteiger partial charge in [-0.15, -0.1) is 5.10 Å². The summed E-state index contributed by atoms with van der Waals surface area (Å²) >= 11 is 0. The number of aromatic nitrogens is 6. The maximum atomic E-state index is 10.4. The van der Waals surface area contributed by atoms with Gasteiger partial charge in [0.2, 0.25) is 0 Å². The molecule has 0 radical (unpaired) electrons. The summed E-state index contributed by atoms with van der Waals surface area (Å²) in [5, 5.41) is 38.7. The minimum Gasteiger partial charge on any atom is -0.481 e. The lowest BCUT2D eigenvalue weighted by atomic mass is 10.0. The third-order valence-corrected chi connectivity index (χ3v) is 7.03. The van der Waals surface area contributed by atoms with Gasteiger partial charge in [-0.2, -0.15) is 10.4 Å². The van der Waals surface area contributed by atoms with E-state index < -0.39 is 6.10 Å². The Morgan fingerprint density at radius 2 is 2.05 bits per heavy atom. The molecule has 0 spiro atoms. The second-order valence-corrected chi connectivity index (χ2v) is 9.24. The molecule has 1 aliphatic heterocycles. The van der Waals surface area contributed by atoms with Crippen molar-refractivity contribution in [1.29, 1.82) is 5.26 Å². The van der Waals surface area contributed by atoms with E-state index in [1.54, 1.807) is 16.9 Å². The third-order valence-electron chi connectivity index (χ3n) is 7.03. The fourth-order valence-corrected chi connectivity index (χ4v) is 5.14. The number of fused-ring (bicyclic) bond motifs is 2. The van der Waals surface area contributed by atoms with Crippen LogP contribution in [-0.2, 0) is 0 Å². The molecule has 1 aromatic carbocycles. The van der Waals surface area contributed by atoms with Crippen LogP contribution in [0.1, 0.15) is 41.8 Å². The van der Waals surface area contributed by atoms with Gasteiger partial charge in [-0.3, -0.25) is 4.98 Å². The first-order chi connectivity index (χ1) is 18.2. The Morgan fingerprint density at radius 1 is 1.22 bits per heavy atom.